The van der Waals surface area contributed by atoms with Crippen molar-refractivity contribution in [3.05, 3.63) is 46.9 Å². The number of hydrogen-bond donors (Lipinski definition) is 2. The molecule has 0 bridgehead atoms. The quantitative estimate of drug-likeness (QED) is 0.830. The summed E-state index contributed by atoms with van der Waals surface area (Å²) in [5, 5.41) is 8.46. The monoisotopic (exact) mass is 327 g/mol. The molecule has 7 nitrogen and oxygen atoms in total. The van der Waals surface area contributed by atoms with Crippen molar-refractivity contribution in [2.75, 3.05) is 4.72 Å². The summed E-state index contributed by atoms with van der Waals surface area (Å²) in [4.78, 5) is 18.1. The first kappa shape index (κ1) is 15.2. The van der Waals surface area contributed by atoms with E-state index < -0.39 is 16.0 Å². The van der Waals surface area contributed by atoms with Gasteiger partial charge in [0.05, 0.1) is 11.3 Å². The lowest BCUT2D eigenvalue weighted by molar-refractivity contribution is 0.0696. The Morgan fingerprint density at radius 3 is 2.52 bits per heavy atom. The highest BCUT2D eigenvalue weighted by Gasteiger charge is 2.19. The second-order valence-corrected chi connectivity index (χ2v) is 6.08. The number of halogens is 1. The molecular weight excluding hydrogens is 318 g/mol. The molecule has 0 aliphatic heterocycles. The summed E-state index contributed by atoms with van der Waals surface area (Å²) >= 11 is 5.85. The molecule has 0 spiro atoms. The topological polar surface area (TPSA) is 109 Å². The van der Waals surface area contributed by atoms with E-state index in [9.17, 15) is 13.2 Å². The largest absolute Gasteiger partial charge is 0.478 e. The lowest BCUT2D eigenvalue weighted by atomic mass is 10.3. The van der Waals surface area contributed by atoms with Gasteiger partial charge in [-0.3, -0.25) is 4.72 Å². The summed E-state index contributed by atoms with van der Waals surface area (Å²) in [6.45, 7) is 1.67. The molecule has 21 heavy (non-hydrogen) atoms. The first-order valence-corrected chi connectivity index (χ1v) is 7.50. The molecule has 2 aromatic rings. The first-order valence-electron chi connectivity index (χ1n) is 5.64. The van der Waals surface area contributed by atoms with Crippen LogP contribution >= 0.6 is 11.6 Å². The number of carboxylic acids is 1. The Hall–Kier alpha value is -2.19. The lowest BCUT2D eigenvalue weighted by Gasteiger charge is -2.10. The van der Waals surface area contributed by atoms with E-state index in [0.29, 0.717) is 5.56 Å². The van der Waals surface area contributed by atoms with Crippen LogP contribution in [-0.2, 0) is 10.0 Å². The van der Waals surface area contributed by atoms with Crippen LogP contribution in [0.5, 0.6) is 0 Å². The number of anilines is 1. The van der Waals surface area contributed by atoms with Crippen molar-refractivity contribution in [2.24, 2.45) is 0 Å². The second kappa shape index (κ2) is 5.66. The Balaban J connectivity index is 2.36. The molecule has 2 N–H and O–H groups in total. The molecule has 0 saturated heterocycles. The molecule has 0 aliphatic carbocycles. The number of nitrogens with zero attached hydrogens (tertiary/aromatic N) is 2. The fourth-order valence-electron chi connectivity index (χ4n) is 1.50. The van der Waals surface area contributed by atoms with Gasteiger partial charge >= 0.3 is 5.97 Å². The highest BCUT2D eigenvalue weighted by molar-refractivity contribution is 7.92. The predicted molar refractivity (Wildman–Crippen MR) is 76.0 cm³/mol. The third-order valence-corrected chi connectivity index (χ3v) is 4.16. The van der Waals surface area contributed by atoms with Gasteiger partial charge in [-0.05, 0) is 30.7 Å². The van der Waals surface area contributed by atoms with Crippen LogP contribution in [0.2, 0.25) is 5.15 Å². The zero-order chi connectivity index (χ0) is 15.6. The van der Waals surface area contributed by atoms with Gasteiger partial charge < -0.3 is 5.11 Å². The maximum atomic E-state index is 12.2. The number of aryl methyl sites for hydroxylation is 1. The molecule has 2 aromatic heterocycles. The maximum absolute atomic E-state index is 12.2. The van der Waals surface area contributed by atoms with Crippen molar-refractivity contribution in [3.63, 3.8) is 0 Å². The van der Waals surface area contributed by atoms with Crippen LogP contribution in [0.4, 0.5) is 5.69 Å². The minimum Gasteiger partial charge on any atom is -0.478 e. The Kier molecular flexibility index (Phi) is 4.10. The Morgan fingerprint density at radius 2 is 2.00 bits per heavy atom. The Bertz CT molecular complexity index is 770. The van der Waals surface area contributed by atoms with Gasteiger partial charge in [-0.1, -0.05) is 11.6 Å². The SMILES string of the molecule is Cc1ccnc(Cl)c1NS(=O)(=O)c1ccc(C(=O)O)cn1. The zero-order valence-corrected chi connectivity index (χ0v) is 12.3. The fraction of sp³-hybridized carbons (Fsp3) is 0.0833. The fourth-order valence-corrected chi connectivity index (χ4v) is 2.88. The van der Waals surface area contributed by atoms with Gasteiger partial charge in [-0.25, -0.2) is 14.8 Å². The number of aromatic nitrogens is 2. The molecular formula is C12H10ClN3O4S. The molecule has 0 fully saturated rings. The molecule has 0 radical (unpaired) electrons. The van der Waals surface area contributed by atoms with E-state index in [1.165, 1.54) is 6.20 Å². The number of hydrogen-bond acceptors (Lipinski definition) is 5. The van der Waals surface area contributed by atoms with Crippen LogP contribution in [-0.4, -0.2) is 29.5 Å². The minimum absolute atomic E-state index is 0.0146. The van der Waals surface area contributed by atoms with Crippen molar-refractivity contribution in [1.82, 2.24) is 9.97 Å². The van der Waals surface area contributed by atoms with Crippen LogP contribution in [0, 0.1) is 6.92 Å². The molecule has 0 amide bonds. The normalized spacial score (nSPS) is 11.1. The third kappa shape index (κ3) is 3.29. The third-order valence-electron chi connectivity index (χ3n) is 2.61. The van der Waals surface area contributed by atoms with Crippen LogP contribution < -0.4 is 4.72 Å². The van der Waals surface area contributed by atoms with Crippen LogP contribution in [0.25, 0.3) is 0 Å². The number of pyridine rings is 2. The molecule has 0 unspecified atom stereocenters. The molecule has 0 aromatic carbocycles. The number of carbonyl (C=O) groups is 1. The maximum Gasteiger partial charge on any atom is 0.337 e. The van der Waals surface area contributed by atoms with E-state index in [1.807, 2.05) is 0 Å². The van der Waals surface area contributed by atoms with Crippen LogP contribution in [0.1, 0.15) is 15.9 Å². The smallest absolute Gasteiger partial charge is 0.337 e. The van der Waals surface area contributed by atoms with Crippen molar-refractivity contribution in [3.8, 4) is 0 Å². The van der Waals surface area contributed by atoms with Gasteiger partial charge in [0.1, 0.15) is 0 Å². The van der Waals surface area contributed by atoms with E-state index >= 15 is 0 Å². The predicted octanol–water partition coefficient (Wildman–Crippen LogP) is 1.94. The Morgan fingerprint density at radius 1 is 1.29 bits per heavy atom. The average molecular weight is 328 g/mol. The number of sulfonamides is 1. The number of aromatic carboxylic acids is 1. The zero-order valence-electron chi connectivity index (χ0n) is 10.7. The molecule has 0 saturated carbocycles. The summed E-state index contributed by atoms with van der Waals surface area (Å²) in [6.07, 6.45) is 2.42. The lowest BCUT2D eigenvalue weighted by Crippen LogP contribution is -2.16. The van der Waals surface area contributed by atoms with Gasteiger partial charge in [-0.2, -0.15) is 8.42 Å². The number of carboxylic acid groups (broad SMARTS) is 1. The van der Waals surface area contributed by atoms with Crippen molar-refractivity contribution in [1.29, 1.82) is 0 Å². The molecule has 2 heterocycles. The molecule has 0 aliphatic rings. The summed E-state index contributed by atoms with van der Waals surface area (Å²) < 4.78 is 26.6. The van der Waals surface area contributed by atoms with E-state index in [-0.39, 0.29) is 21.4 Å². The number of nitrogens with one attached hydrogen (secondary N) is 1. The van der Waals surface area contributed by atoms with E-state index in [2.05, 4.69) is 14.7 Å². The average Bonchev–Trinajstić information content (AvgIpc) is 2.43. The summed E-state index contributed by atoms with van der Waals surface area (Å²) in [5.41, 5.74) is 0.647. The van der Waals surface area contributed by atoms with Crippen LogP contribution in [0.15, 0.2) is 35.6 Å². The second-order valence-electron chi connectivity index (χ2n) is 4.09. The Labute approximate surface area is 125 Å². The highest BCUT2D eigenvalue weighted by atomic mass is 35.5. The first-order chi connectivity index (χ1) is 9.81. The molecule has 0 atom stereocenters. The van der Waals surface area contributed by atoms with Gasteiger partial charge in [0.15, 0.2) is 10.2 Å². The summed E-state index contributed by atoms with van der Waals surface area (Å²) in [6, 6.07) is 3.86. The van der Waals surface area contributed by atoms with Crippen molar-refractivity contribution >= 4 is 33.3 Å². The number of rotatable bonds is 4. The van der Waals surface area contributed by atoms with Crippen molar-refractivity contribution in [2.45, 2.75) is 11.9 Å². The molecule has 2 rings (SSSR count). The van der Waals surface area contributed by atoms with Gasteiger partial charge in [0.25, 0.3) is 10.0 Å². The van der Waals surface area contributed by atoms with Crippen LogP contribution in [0.3, 0.4) is 0 Å². The van der Waals surface area contributed by atoms with Gasteiger partial charge in [-0.15, -0.1) is 0 Å². The van der Waals surface area contributed by atoms with Gasteiger partial charge in [0, 0.05) is 12.4 Å². The summed E-state index contributed by atoms with van der Waals surface area (Å²) in [5.74, 6) is -1.19. The summed E-state index contributed by atoms with van der Waals surface area (Å²) in [7, 11) is -3.98. The molecule has 110 valence electrons. The van der Waals surface area contributed by atoms with Crippen molar-refractivity contribution < 1.29 is 18.3 Å². The molecule has 9 heteroatoms. The standard InChI is InChI=1S/C12H10ClN3O4S/c1-7-4-5-14-11(13)10(7)16-21(19,20)9-3-2-8(6-15-9)12(17)18/h2-6,16H,1H3,(H,17,18). The minimum atomic E-state index is -3.98. The highest BCUT2D eigenvalue weighted by Crippen LogP contribution is 2.25. The van der Waals surface area contributed by atoms with Gasteiger partial charge in [0.2, 0.25) is 0 Å². The van der Waals surface area contributed by atoms with E-state index in [4.69, 9.17) is 16.7 Å². The van der Waals surface area contributed by atoms with E-state index in [0.717, 1.165) is 18.3 Å². The van der Waals surface area contributed by atoms with E-state index in [1.54, 1.807) is 13.0 Å².